The van der Waals surface area contributed by atoms with Gasteiger partial charge < -0.3 is 0 Å². The van der Waals surface area contributed by atoms with Gasteiger partial charge in [-0.05, 0) is 89.5 Å². The van der Waals surface area contributed by atoms with Crippen LogP contribution in [0.4, 0.5) is 0 Å². The van der Waals surface area contributed by atoms with Crippen LogP contribution in [0.5, 0.6) is 0 Å². The molecule has 0 aromatic heterocycles. The summed E-state index contributed by atoms with van der Waals surface area (Å²) >= 11 is 0. The van der Waals surface area contributed by atoms with Gasteiger partial charge >= 0.3 is 0 Å². The average Bonchev–Trinajstić information content (AvgIpc) is 3.40. The summed E-state index contributed by atoms with van der Waals surface area (Å²) in [5.41, 5.74) is 8.10. The van der Waals surface area contributed by atoms with Gasteiger partial charge in [0.25, 0.3) is 0 Å². The predicted octanol–water partition coefficient (Wildman–Crippen LogP) is 8.04. The molecular weight excluding hydrogens is 336 g/mol. The van der Waals surface area contributed by atoms with Crippen molar-refractivity contribution in [3.05, 3.63) is 82.4 Å². The molecule has 0 nitrogen and oxygen atoms in total. The quantitative estimate of drug-likeness (QED) is 0.374. The summed E-state index contributed by atoms with van der Waals surface area (Å²) < 4.78 is 0. The van der Waals surface area contributed by atoms with Crippen LogP contribution in [-0.2, 0) is 25.7 Å². The van der Waals surface area contributed by atoms with Crippen LogP contribution in [0.2, 0.25) is 0 Å². The number of hydrogen-bond donors (Lipinski definition) is 0. The first-order valence-corrected chi connectivity index (χ1v) is 11.5. The molecule has 0 aliphatic heterocycles. The maximum Gasteiger partial charge on any atom is -0.0120 e. The van der Waals surface area contributed by atoms with E-state index in [-0.39, 0.29) is 0 Å². The molecule has 6 rings (SSSR count). The molecule has 0 amide bonds. The minimum absolute atomic E-state index is 0.935. The van der Waals surface area contributed by atoms with E-state index in [1.165, 1.54) is 66.8 Å². The van der Waals surface area contributed by atoms with Crippen molar-refractivity contribution in [2.45, 2.75) is 78.6 Å². The maximum atomic E-state index is 2.33. The first-order valence-electron chi connectivity index (χ1n) is 11.5. The minimum Gasteiger partial charge on any atom is -0.0683 e. The zero-order chi connectivity index (χ0) is 19.9. The van der Waals surface area contributed by atoms with Crippen molar-refractivity contribution in [2.24, 2.45) is 0 Å². The van der Waals surface area contributed by atoms with Gasteiger partial charge in [0.1, 0.15) is 0 Å². The van der Waals surface area contributed by atoms with E-state index in [9.17, 15) is 0 Å². The van der Waals surface area contributed by atoms with E-state index in [4.69, 9.17) is 0 Å². The Morgan fingerprint density at radius 1 is 0.571 bits per heavy atom. The maximum absolute atomic E-state index is 2.33. The lowest BCUT2D eigenvalue weighted by Gasteiger charge is -2.21. The van der Waals surface area contributed by atoms with Gasteiger partial charge in [0.2, 0.25) is 0 Å². The summed E-state index contributed by atoms with van der Waals surface area (Å²) in [7, 11) is 0. The average molecular weight is 373 g/mol. The highest BCUT2D eigenvalue weighted by molar-refractivity contribution is 5.90. The summed E-state index contributed by atoms with van der Waals surface area (Å²) in [5, 5.41) is 2.92. The monoisotopic (exact) mass is 372 g/mol. The van der Waals surface area contributed by atoms with Crippen molar-refractivity contribution in [3.63, 3.8) is 0 Å². The Hall–Kier alpha value is -2.08. The van der Waals surface area contributed by atoms with E-state index in [2.05, 4.69) is 54.6 Å². The van der Waals surface area contributed by atoms with Gasteiger partial charge in [-0.3, -0.25) is 0 Å². The Kier molecular flexibility index (Phi) is 7.31. The highest BCUT2D eigenvalue weighted by atomic mass is 14.3. The molecule has 0 saturated carbocycles. The molecule has 28 heavy (non-hydrogen) atoms. The Bertz CT molecular complexity index is 864. The highest BCUT2D eigenvalue weighted by Crippen LogP contribution is 2.42. The summed E-state index contributed by atoms with van der Waals surface area (Å²) in [6.45, 7) is 8.00. The fourth-order valence-corrected chi connectivity index (χ4v) is 5.12. The molecule has 3 aromatic rings. The first-order chi connectivity index (χ1) is 13.9. The zero-order valence-corrected chi connectivity index (χ0v) is 18.2. The van der Waals surface area contributed by atoms with E-state index in [1.54, 1.807) is 16.7 Å². The fraction of sp³-hybridized carbons (Fsp3) is 0.429. The molecular formula is C28H36. The van der Waals surface area contributed by atoms with E-state index in [0.717, 1.165) is 5.92 Å². The van der Waals surface area contributed by atoms with Gasteiger partial charge in [0.05, 0.1) is 0 Å². The lowest BCUT2D eigenvalue weighted by molar-refractivity contribution is 0.555. The van der Waals surface area contributed by atoms with Crippen LogP contribution in [0.3, 0.4) is 0 Å². The van der Waals surface area contributed by atoms with Crippen molar-refractivity contribution in [3.8, 4) is 0 Å². The fourth-order valence-electron chi connectivity index (χ4n) is 5.12. The standard InChI is InChI=1S/C12H14.C12H10.2C2H6/c2*1-3-9-4-2-6-11-8-7-10(5-1)12(9)11;2*1-2/h1,3,5,11H,2,4,6-8H2;1-6H,7-8H2;2*1-2H3. The molecule has 0 heterocycles. The smallest absolute Gasteiger partial charge is 0.0120 e. The van der Waals surface area contributed by atoms with E-state index in [0.29, 0.717) is 0 Å². The topological polar surface area (TPSA) is 0 Å². The highest BCUT2D eigenvalue weighted by Gasteiger charge is 2.27. The van der Waals surface area contributed by atoms with Gasteiger partial charge in [0.15, 0.2) is 0 Å². The molecule has 148 valence electrons. The number of rotatable bonds is 0. The third-order valence-electron chi connectivity index (χ3n) is 6.20. The molecule has 0 radical (unpaired) electrons. The normalized spacial score (nSPS) is 17.4. The molecule has 0 heteroatoms. The summed E-state index contributed by atoms with van der Waals surface area (Å²) in [6, 6.07) is 20.1. The third kappa shape index (κ3) is 4.02. The molecule has 3 aromatic carbocycles. The molecule has 1 atom stereocenters. The number of benzene rings is 3. The van der Waals surface area contributed by atoms with Crippen LogP contribution in [0, 0.1) is 0 Å². The molecule has 0 saturated heterocycles. The second-order valence-electron chi connectivity index (χ2n) is 7.55. The summed E-state index contributed by atoms with van der Waals surface area (Å²) in [4.78, 5) is 0. The molecule has 0 bridgehead atoms. The van der Waals surface area contributed by atoms with E-state index < -0.39 is 0 Å². The molecule has 0 fully saturated rings. The summed E-state index contributed by atoms with van der Waals surface area (Å²) in [6.07, 6.45) is 9.43. The van der Waals surface area contributed by atoms with Gasteiger partial charge in [-0.2, -0.15) is 0 Å². The first kappa shape index (κ1) is 20.6. The molecule has 0 spiro atoms. The molecule has 3 aliphatic rings. The SMILES string of the molecule is CC.CC.c1cc2c3c(c1)CCC3CCC2.c1cc2c3c(cccc3c1)CC2. The van der Waals surface area contributed by atoms with Crippen molar-refractivity contribution in [1.82, 2.24) is 0 Å². The minimum atomic E-state index is 0.935. The predicted molar refractivity (Wildman–Crippen MR) is 124 cm³/mol. The van der Waals surface area contributed by atoms with Gasteiger partial charge in [-0.25, -0.2) is 0 Å². The molecule has 3 aliphatic carbocycles. The van der Waals surface area contributed by atoms with Crippen LogP contribution >= 0.6 is 0 Å². The van der Waals surface area contributed by atoms with Gasteiger partial charge in [-0.15, -0.1) is 0 Å². The van der Waals surface area contributed by atoms with Crippen LogP contribution in [0.25, 0.3) is 10.8 Å². The van der Waals surface area contributed by atoms with Crippen molar-refractivity contribution >= 4 is 10.8 Å². The Morgan fingerprint density at radius 2 is 1.11 bits per heavy atom. The largest absolute Gasteiger partial charge is 0.0683 e. The van der Waals surface area contributed by atoms with E-state index in [1.807, 2.05) is 27.7 Å². The van der Waals surface area contributed by atoms with Gasteiger partial charge in [0, 0.05) is 0 Å². The second kappa shape index (κ2) is 9.92. The van der Waals surface area contributed by atoms with E-state index >= 15 is 0 Å². The van der Waals surface area contributed by atoms with Gasteiger partial charge in [-0.1, -0.05) is 82.3 Å². The van der Waals surface area contributed by atoms with Crippen molar-refractivity contribution in [2.75, 3.05) is 0 Å². The molecule has 1 unspecified atom stereocenters. The lowest BCUT2D eigenvalue weighted by Crippen LogP contribution is -2.05. The number of aryl methyl sites for hydroxylation is 4. The second-order valence-corrected chi connectivity index (χ2v) is 7.55. The lowest BCUT2D eigenvalue weighted by atomic mass is 9.84. The van der Waals surface area contributed by atoms with Crippen LogP contribution in [-0.4, -0.2) is 0 Å². The Balaban J connectivity index is 0.000000137. The molecule has 0 N–H and O–H groups in total. The van der Waals surface area contributed by atoms with Crippen molar-refractivity contribution < 1.29 is 0 Å². The number of hydrogen-bond acceptors (Lipinski definition) is 0. The van der Waals surface area contributed by atoms with Crippen molar-refractivity contribution in [1.29, 1.82) is 0 Å². The Labute approximate surface area is 172 Å². The van der Waals surface area contributed by atoms with Crippen LogP contribution < -0.4 is 0 Å². The van der Waals surface area contributed by atoms with Crippen LogP contribution in [0.15, 0.2) is 54.6 Å². The summed E-state index contributed by atoms with van der Waals surface area (Å²) in [5.74, 6) is 0.935. The third-order valence-corrected chi connectivity index (χ3v) is 6.20. The Morgan fingerprint density at radius 3 is 1.75 bits per heavy atom. The van der Waals surface area contributed by atoms with Crippen LogP contribution in [0.1, 0.15) is 80.7 Å². The zero-order valence-electron chi connectivity index (χ0n) is 18.2.